The zero-order valence-electron chi connectivity index (χ0n) is 37.4. The van der Waals surface area contributed by atoms with E-state index in [9.17, 15) is 24.0 Å². The lowest BCUT2D eigenvalue weighted by atomic mass is 9.85. The maximum atomic E-state index is 16.0. The third-order valence-corrected chi connectivity index (χ3v) is 14.6. The van der Waals surface area contributed by atoms with E-state index < -0.39 is 48.1 Å². The molecule has 4 aromatic heterocycles. The number of thiazole rings is 1. The van der Waals surface area contributed by atoms with Gasteiger partial charge in [-0.1, -0.05) is 6.07 Å². The molecule has 69 heavy (non-hydrogen) atoms. The van der Waals surface area contributed by atoms with Crippen LogP contribution in [-0.2, 0) is 40.9 Å². The molecular weight excluding hydrogens is 916 g/mol. The molecule has 0 spiro atoms. The molecule has 6 amide bonds. The number of piperidine rings is 1. The van der Waals surface area contributed by atoms with E-state index in [4.69, 9.17) is 0 Å². The molecule has 3 saturated heterocycles. The minimum atomic E-state index is -3.12. The second kappa shape index (κ2) is 17.4. The van der Waals surface area contributed by atoms with Crippen LogP contribution >= 0.6 is 11.3 Å². The topological polar surface area (TPSA) is 187 Å². The van der Waals surface area contributed by atoms with Gasteiger partial charge in [0.05, 0.1) is 43.1 Å². The van der Waals surface area contributed by atoms with Gasteiger partial charge in [-0.2, -0.15) is 5.10 Å². The first-order valence-electron chi connectivity index (χ1n) is 22.8. The summed E-state index contributed by atoms with van der Waals surface area (Å²) in [5.74, 6) is -5.34. The van der Waals surface area contributed by atoms with E-state index in [-0.39, 0.29) is 55.4 Å². The Morgan fingerprint density at radius 1 is 0.957 bits per heavy atom. The number of likely N-dealkylation sites (tertiary alicyclic amines) is 1. The molecule has 356 valence electrons. The number of hydrogen-bond donors (Lipinski definition) is 2. The van der Waals surface area contributed by atoms with E-state index in [0.717, 1.165) is 18.7 Å². The number of benzene rings is 2. The SMILES string of the molecule is Cn1nc(N2CCC(=O)NC2=O)c2ccc(C3CCN(CC(=O)N4CCN(c5ccc(-c6cc(F)c7c(c6)C(=O)N(C(C(=O)Nc6nccs6)c6ncn8c6CCC8)C7)cn5)CC4)CC3(F)F)cc21. The largest absolute Gasteiger partial charge is 0.353 e. The molecule has 5 aliphatic rings. The summed E-state index contributed by atoms with van der Waals surface area (Å²) in [5.41, 5.74) is 3.77. The number of imide groups is 1. The van der Waals surface area contributed by atoms with Gasteiger partial charge in [-0.25, -0.2) is 32.9 Å². The van der Waals surface area contributed by atoms with Gasteiger partial charge >= 0.3 is 6.03 Å². The van der Waals surface area contributed by atoms with Crippen molar-refractivity contribution in [3.63, 3.8) is 0 Å². The number of aryl methyl sites for hydroxylation is 2. The molecule has 2 N–H and O–H groups in total. The Hall–Kier alpha value is -7.20. The number of rotatable bonds is 10. The standard InChI is InChI=1S/C47H46F3N13O5S/c1-57-36-21-27(4-6-30(36)42(56-57)62-13-9-38(64)54-46(62)68)33-8-12-58(25-47(33,49)50)24-39(65)60-16-14-59(15-17-60)37-7-5-28(22-52-37)29-19-31-32(34(48)20-29)23-63(44(31)67)41(43(66)55-45-51-10-18-69-45)40-35-3-2-11-61(35)26-53-40/h4-7,10,18-22,26,33,41H,2-3,8-9,11-17,23-25H2,1H3,(H,51,55,66)(H,54,64,68). The summed E-state index contributed by atoms with van der Waals surface area (Å²) in [7, 11) is 1.68. The molecule has 0 bridgehead atoms. The Kier molecular flexibility index (Phi) is 11.2. The number of amides is 6. The minimum absolute atomic E-state index is 0.110. The van der Waals surface area contributed by atoms with Crippen LogP contribution in [0, 0.1) is 5.82 Å². The molecule has 18 nitrogen and oxygen atoms in total. The predicted octanol–water partition coefficient (Wildman–Crippen LogP) is 4.93. The summed E-state index contributed by atoms with van der Waals surface area (Å²) in [6.07, 6.45) is 6.72. The molecule has 9 heterocycles. The van der Waals surface area contributed by atoms with Crippen molar-refractivity contribution in [1.82, 2.24) is 49.3 Å². The zero-order valence-corrected chi connectivity index (χ0v) is 38.2. The molecule has 11 rings (SSSR count). The Balaban J connectivity index is 0.705. The number of anilines is 3. The van der Waals surface area contributed by atoms with Crippen LogP contribution in [0.15, 0.2) is 66.6 Å². The molecule has 0 radical (unpaired) electrons. The summed E-state index contributed by atoms with van der Waals surface area (Å²) in [5, 5.41) is 12.3. The maximum Gasteiger partial charge on any atom is 0.329 e. The summed E-state index contributed by atoms with van der Waals surface area (Å²) in [6, 6.07) is 9.95. The number of hydrogen-bond acceptors (Lipinski definition) is 12. The van der Waals surface area contributed by atoms with Crippen molar-refractivity contribution >= 4 is 68.7 Å². The highest BCUT2D eigenvalue weighted by molar-refractivity contribution is 7.13. The average Bonchev–Trinajstić information content (AvgIpc) is 4.19. The number of imidazole rings is 1. The Morgan fingerprint density at radius 2 is 1.80 bits per heavy atom. The van der Waals surface area contributed by atoms with Crippen molar-refractivity contribution in [3.8, 4) is 11.1 Å². The average molecular weight is 962 g/mol. The van der Waals surface area contributed by atoms with E-state index in [2.05, 4.69) is 30.7 Å². The van der Waals surface area contributed by atoms with Crippen LogP contribution in [0.5, 0.6) is 0 Å². The normalized spacial score (nSPS) is 19.8. The third kappa shape index (κ3) is 8.13. The number of nitrogens with zero attached hydrogens (tertiary/aromatic N) is 11. The van der Waals surface area contributed by atoms with E-state index in [1.807, 2.05) is 9.47 Å². The van der Waals surface area contributed by atoms with Crippen molar-refractivity contribution in [2.45, 2.75) is 56.7 Å². The monoisotopic (exact) mass is 961 g/mol. The van der Waals surface area contributed by atoms with Crippen LogP contribution in [0.2, 0.25) is 0 Å². The number of aromatic nitrogens is 6. The molecule has 2 unspecified atom stereocenters. The van der Waals surface area contributed by atoms with E-state index in [0.29, 0.717) is 89.2 Å². The summed E-state index contributed by atoms with van der Waals surface area (Å²) in [4.78, 5) is 87.0. The van der Waals surface area contributed by atoms with Gasteiger partial charge in [0.1, 0.15) is 11.6 Å². The Bertz CT molecular complexity index is 3040. The number of carbonyl (C=O) groups is 5. The van der Waals surface area contributed by atoms with E-state index >= 15 is 13.2 Å². The number of alkyl halides is 2. The first kappa shape index (κ1) is 44.3. The lowest BCUT2D eigenvalue weighted by Gasteiger charge is -2.40. The fourth-order valence-electron chi connectivity index (χ4n) is 10.4. The molecule has 3 fully saturated rings. The number of urea groups is 1. The molecule has 2 atom stereocenters. The van der Waals surface area contributed by atoms with Gasteiger partial charge in [0.2, 0.25) is 11.8 Å². The van der Waals surface area contributed by atoms with Crippen LogP contribution in [0.1, 0.15) is 64.1 Å². The zero-order chi connectivity index (χ0) is 47.7. The van der Waals surface area contributed by atoms with E-state index in [1.54, 1.807) is 77.1 Å². The fourth-order valence-corrected chi connectivity index (χ4v) is 10.9. The number of fused-ring (bicyclic) bond motifs is 3. The van der Waals surface area contributed by atoms with Crippen LogP contribution in [0.3, 0.4) is 0 Å². The van der Waals surface area contributed by atoms with Gasteiger partial charge < -0.3 is 19.3 Å². The van der Waals surface area contributed by atoms with Crippen LogP contribution in [0.4, 0.5) is 34.7 Å². The van der Waals surface area contributed by atoms with Gasteiger partial charge in [-0.15, -0.1) is 11.3 Å². The summed E-state index contributed by atoms with van der Waals surface area (Å²) in [6.45, 7) is 2.08. The Labute approximate surface area is 396 Å². The highest BCUT2D eigenvalue weighted by Gasteiger charge is 2.46. The van der Waals surface area contributed by atoms with Crippen molar-refractivity contribution in [2.24, 2.45) is 7.05 Å². The fraction of sp³-hybridized carbons (Fsp3) is 0.383. The van der Waals surface area contributed by atoms with Crippen molar-refractivity contribution in [2.75, 3.05) is 67.5 Å². The molecule has 0 aliphatic carbocycles. The first-order valence-corrected chi connectivity index (χ1v) is 23.7. The molecule has 0 saturated carbocycles. The van der Waals surface area contributed by atoms with Gasteiger partial charge in [-0.05, 0) is 73.3 Å². The van der Waals surface area contributed by atoms with Crippen molar-refractivity contribution in [1.29, 1.82) is 0 Å². The van der Waals surface area contributed by atoms with Crippen LogP contribution < -0.4 is 20.4 Å². The smallest absolute Gasteiger partial charge is 0.329 e. The highest BCUT2D eigenvalue weighted by atomic mass is 32.1. The highest BCUT2D eigenvalue weighted by Crippen LogP contribution is 2.42. The lowest BCUT2D eigenvalue weighted by Crippen LogP contribution is -2.54. The number of halogens is 3. The first-order chi connectivity index (χ1) is 33.3. The Morgan fingerprint density at radius 3 is 2.55 bits per heavy atom. The van der Waals surface area contributed by atoms with Crippen molar-refractivity contribution < 1.29 is 37.1 Å². The minimum Gasteiger partial charge on any atom is -0.353 e. The van der Waals surface area contributed by atoms with Gasteiger partial charge in [0.25, 0.3) is 17.7 Å². The van der Waals surface area contributed by atoms with Crippen LogP contribution in [-0.4, -0.2) is 132 Å². The van der Waals surface area contributed by atoms with Crippen molar-refractivity contribution in [3.05, 3.63) is 100 Å². The second-order valence-corrected chi connectivity index (χ2v) is 19.0. The maximum absolute atomic E-state index is 16.0. The van der Waals surface area contributed by atoms with Gasteiger partial charge in [0.15, 0.2) is 17.0 Å². The van der Waals surface area contributed by atoms with Gasteiger partial charge in [0, 0.05) is 98.3 Å². The molecule has 5 aliphatic heterocycles. The summed E-state index contributed by atoms with van der Waals surface area (Å²) < 4.78 is 51.3. The predicted molar refractivity (Wildman–Crippen MR) is 247 cm³/mol. The quantitative estimate of drug-likeness (QED) is 0.190. The number of carbonyl (C=O) groups excluding carboxylic acids is 5. The third-order valence-electron chi connectivity index (χ3n) is 13.9. The molecular formula is C47H46F3N13O5S. The molecule has 2 aromatic carbocycles. The van der Waals surface area contributed by atoms with E-state index in [1.165, 1.54) is 32.1 Å². The number of nitrogens with one attached hydrogen (secondary N) is 2. The van der Waals surface area contributed by atoms with Crippen LogP contribution in [0.25, 0.3) is 22.0 Å². The van der Waals surface area contributed by atoms with Gasteiger partial charge in [-0.3, -0.25) is 44.3 Å². The second-order valence-electron chi connectivity index (χ2n) is 18.1. The lowest BCUT2D eigenvalue weighted by molar-refractivity contribution is -0.136. The molecule has 22 heteroatoms. The number of piperazine rings is 1. The summed E-state index contributed by atoms with van der Waals surface area (Å²) >= 11 is 1.25. The molecule has 6 aromatic rings. The number of pyridine rings is 1.